The number of amides is 2. The van der Waals surface area contributed by atoms with Crippen molar-refractivity contribution in [1.29, 1.82) is 0 Å². The Morgan fingerprint density at radius 1 is 0.914 bits per heavy atom. The number of benzene rings is 3. The van der Waals surface area contributed by atoms with Gasteiger partial charge in [-0.25, -0.2) is 5.43 Å². The number of methoxy groups -OCH3 is 1. The Balaban J connectivity index is 1.63. The average molecular weight is 516 g/mol. The first-order valence-electron chi connectivity index (χ1n) is 10.5. The van der Waals surface area contributed by atoms with Crippen LogP contribution in [-0.2, 0) is 4.79 Å². The number of nitrogens with one attached hydrogen (secondary N) is 2. The Morgan fingerprint density at radius 3 is 2.34 bits per heavy atom. The number of hydrogen-bond donors (Lipinski definition) is 2. The molecule has 0 aliphatic heterocycles. The lowest BCUT2D eigenvalue weighted by Gasteiger charge is -2.11. The molecule has 0 aliphatic rings. The molecular weight excluding hydrogens is 493 g/mol. The molecule has 0 bridgehead atoms. The fourth-order valence-electron chi connectivity index (χ4n) is 2.94. The minimum atomic E-state index is -0.448. The summed E-state index contributed by atoms with van der Waals surface area (Å²) in [7, 11) is 1.52. The Bertz CT molecular complexity index is 1220. The first-order valence-corrected chi connectivity index (χ1v) is 11.3. The van der Waals surface area contributed by atoms with Gasteiger partial charge < -0.3 is 19.5 Å². The molecule has 0 unspecified atom stereocenters. The summed E-state index contributed by atoms with van der Waals surface area (Å²) in [4.78, 5) is 24.7. The van der Waals surface area contributed by atoms with Gasteiger partial charge in [-0.1, -0.05) is 23.2 Å². The van der Waals surface area contributed by atoms with Crippen LogP contribution in [0.5, 0.6) is 17.2 Å². The van der Waals surface area contributed by atoms with Crippen molar-refractivity contribution in [3.8, 4) is 17.2 Å². The minimum Gasteiger partial charge on any atom is -0.493 e. The summed E-state index contributed by atoms with van der Waals surface area (Å²) in [5.74, 6) is 0.531. The molecule has 2 amide bonds. The number of hydrazone groups is 1. The van der Waals surface area contributed by atoms with Crippen LogP contribution in [0.2, 0.25) is 10.0 Å². The monoisotopic (exact) mass is 515 g/mol. The normalized spacial score (nSPS) is 10.6. The van der Waals surface area contributed by atoms with E-state index < -0.39 is 5.91 Å². The maximum atomic E-state index is 12.5. The third-order valence-electron chi connectivity index (χ3n) is 4.55. The molecule has 3 aromatic carbocycles. The van der Waals surface area contributed by atoms with Crippen molar-refractivity contribution in [3.05, 3.63) is 81.8 Å². The molecule has 0 spiro atoms. The van der Waals surface area contributed by atoms with Gasteiger partial charge in [-0.2, -0.15) is 5.10 Å². The van der Waals surface area contributed by atoms with Gasteiger partial charge in [0.05, 0.1) is 19.9 Å². The van der Waals surface area contributed by atoms with Crippen LogP contribution in [0.1, 0.15) is 22.8 Å². The van der Waals surface area contributed by atoms with Gasteiger partial charge in [-0.3, -0.25) is 9.59 Å². The molecule has 0 radical (unpaired) electrons. The molecule has 8 nitrogen and oxygen atoms in total. The molecule has 0 atom stereocenters. The van der Waals surface area contributed by atoms with Crippen LogP contribution < -0.4 is 25.0 Å². The zero-order valence-corrected chi connectivity index (χ0v) is 20.5. The van der Waals surface area contributed by atoms with Crippen LogP contribution in [0, 0.1) is 0 Å². The van der Waals surface area contributed by atoms with Crippen molar-refractivity contribution in [2.75, 3.05) is 25.6 Å². The predicted octanol–water partition coefficient (Wildman–Crippen LogP) is 5.18. The summed E-state index contributed by atoms with van der Waals surface area (Å²) in [5, 5.41) is 7.71. The van der Waals surface area contributed by atoms with E-state index >= 15 is 0 Å². The molecule has 35 heavy (non-hydrogen) atoms. The number of ether oxygens (including phenoxy) is 3. The second kappa shape index (κ2) is 12.6. The lowest BCUT2D eigenvalue weighted by Crippen LogP contribution is -2.20. The van der Waals surface area contributed by atoms with Gasteiger partial charge in [0.1, 0.15) is 5.75 Å². The Morgan fingerprint density at radius 2 is 1.63 bits per heavy atom. The fourth-order valence-corrected chi connectivity index (χ4v) is 3.24. The van der Waals surface area contributed by atoms with Gasteiger partial charge in [0.15, 0.2) is 18.1 Å². The summed E-state index contributed by atoms with van der Waals surface area (Å²) in [6.07, 6.45) is 1.38. The highest BCUT2D eigenvalue weighted by Gasteiger charge is 2.11. The number of rotatable bonds is 10. The molecule has 0 heterocycles. The van der Waals surface area contributed by atoms with Gasteiger partial charge in [-0.05, 0) is 67.6 Å². The highest BCUT2D eigenvalue weighted by Crippen LogP contribution is 2.28. The molecule has 3 rings (SSSR count). The van der Waals surface area contributed by atoms with Crippen LogP contribution in [0.3, 0.4) is 0 Å². The number of carbonyl (C=O) groups is 2. The maximum absolute atomic E-state index is 12.5. The predicted molar refractivity (Wildman–Crippen MR) is 136 cm³/mol. The number of carbonyl (C=O) groups excluding carboxylic acids is 2. The van der Waals surface area contributed by atoms with Crippen molar-refractivity contribution < 1.29 is 23.8 Å². The van der Waals surface area contributed by atoms with Crippen LogP contribution in [0.15, 0.2) is 65.8 Å². The highest BCUT2D eigenvalue weighted by atomic mass is 35.5. The van der Waals surface area contributed by atoms with E-state index in [1.54, 1.807) is 60.7 Å². The van der Waals surface area contributed by atoms with Gasteiger partial charge in [0, 0.05) is 26.9 Å². The number of anilines is 1. The quantitative estimate of drug-likeness (QED) is 0.286. The summed E-state index contributed by atoms with van der Waals surface area (Å²) >= 11 is 11.9. The van der Waals surface area contributed by atoms with Crippen molar-refractivity contribution in [2.45, 2.75) is 6.92 Å². The molecule has 0 saturated heterocycles. The van der Waals surface area contributed by atoms with E-state index in [9.17, 15) is 9.59 Å². The minimum absolute atomic E-state index is 0.247. The summed E-state index contributed by atoms with van der Waals surface area (Å²) in [6, 6.07) is 16.3. The van der Waals surface area contributed by atoms with E-state index in [0.29, 0.717) is 50.7 Å². The van der Waals surface area contributed by atoms with Crippen molar-refractivity contribution in [3.63, 3.8) is 0 Å². The van der Waals surface area contributed by atoms with Gasteiger partial charge >= 0.3 is 0 Å². The SMILES string of the molecule is CCOc1cc(C(=O)N/N=C/c2cc(Cl)ccc2OCC(=O)Nc2ccc(Cl)cc2)ccc1OC. The largest absolute Gasteiger partial charge is 0.493 e. The molecule has 0 fully saturated rings. The number of halogens is 2. The first-order chi connectivity index (χ1) is 16.9. The smallest absolute Gasteiger partial charge is 0.271 e. The fraction of sp³-hybridized carbons (Fsp3) is 0.160. The van der Waals surface area contributed by atoms with Crippen molar-refractivity contribution >= 4 is 46.9 Å². The molecule has 3 aromatic rings. The van der Waals surface area contributed by atoms with Gasteiger partial charge in [0.2, 0.25) is 0 Å². The highest BCUT2D eigenvalue weighted by molar-refractivity contribution is 6.31. The summed E-state index contributed by atoms with van der Waals surface area (Å²) < 4.78 is 16.4. The topological polar surface area (TPSA) is 98.3 Å². The van der Waals surface area contributed by atoms with Crippen LogP contribution in [0.25, 0.3) is 0 Å². The molecule has 0 aromatic heterocycles. The molecule has 0 saturated carbocycles. The Kier molecular flexibility index (Phi) is 9.34. The summed E-state index contributed by atoms with van der Waals surface area (Å²) in [6.45, 7) is 2.01. The number of nitrogens with zero attached hydrogens (tertiary/aromatic N) is 1. The van der Waals surface area contributed by atoms with Crippen molar-refractivity contribution in [1.82, 2.24) is 5.43 Å². The van der Waals surface area contributed by atoms with Crippen LogP contribution in [-0.4, -0.2) is 38.4 Å². The van der Waals surface area contributed by atoms with Crippen molar-refractivity contribution in [2.24, 2.45) is 5.10 Å². The molecule has 10 heteroatoms. The lowest BCUT2D eigenvalue weighted by molar-refractivity contribution is -0.118. The third-order valence-corrected chi connectivity index (χ3v) is 5.04. The second-order valence-corrected chi connectivity index (χ2v) is 7.90. The average Bonchev–Trinajstić information content (AvgIpc) is 2.85. The molecular formula is C25H23Cl2N3O5. The number of hydrogen-bond acceptors (Lipinski definition) is 6. The Hall–Kier alpha value is -3.75. The zero-order chi connectivity index (χ0) is 25.2. The molecule has 2 N–H and O–H groups in total. The second-order valence-electron chi connectivity index (χ2n) is 7.02. The van der Waals surface area contributed by atoms with E-state index in [-0.39, 0.29) is 12.5 Å². The third kappa shape index (κ3) is 7.63. The standard InChI is InChI=1S/C25H23Cl2N3O5/c1-3-34-23-13-16(4-10-22(23)33-2)25(32)30-28-14-17-12-19(27)7-11-21(17)35-15-24(31)29-20-8-5-18(26)6-9-20/h4-14H,3,15H2,1-2H3,(H,29,31)(H,30,32)/b28-14+. The van der Waals surface area contributed by atoms with Gasteiger partial charge in [-0.15, -0.1) is 0 Å². The van der Waals surface area contributed by atoms with E-state index in [2.05, 4.69) is 15.8 Å². The molecule has 182 valence electrons. The maximum Gasteiger partial charge on any atom is 0.271 e. The Labute approximate surface area is 212 Å². The molecule has 0 aliphatic carbocycles. The van der Waals surface area contributed by atoms with Crippen LogP contribution in [0.4, 0.5) is 5.69 Å². The van der Waals surface area contributed by atoms with E-state index in [0.717, 1.165) is 0 Å². The van der Waals surface area contributed by atoms with Crippen LogP contribution >= 0.6 is 23.2 Å². The first kappa shape index (κ1) is 25.9. The summed E-state index contributed by atoms with van der Waals surface area (Å²) in [5.41, 5.74) is 3.86. The van der Waals surface area contributed by atoms with E-state index in [4.69, 9.17) is 37.4 Å². The van der Waals surface area contributed by atoms with Gasteiger partial charge in [0.25, 0.3) is 11.8 Å². The lowest BCUT2D eigenvalue weighted by atomic mass is 10.2. The van der Waals surface area contributed by atoms with E-state index in [1.807, 2.05) is 6.92 Å². The van der Waals surface area contributed by atoms with E-state index in [1.165, 1.54) is 13.3 Å². The zero-order valence-electron chi connectivity index (χ0n) is 19.0.